The summed E-state index contributed by atoms with van der Waals surface area (Å²) in [6.07, 6.45) is 1.27. The van der Waals surface area contributed by atoms with Crippen molar-refractivity contribution in [1.82, 2.24) is 10.2 Å². The van der Waals surface area contributed by atoms with Crippen molar-refractivity contribution in [3.63, 3.8) is 0 Å². The van der Waals surface area contributed by atoms with Crippen LogP contribution in [0.3, 0.4) is 0 Å². The molecule has 0 saturated heterocycles. The van der Waals surface area contributed by atoms with E-state index in [1.54, 1.807) is 25.1 Å². The van der Waals surface area contributed by atoms with Crippen molar-refractivity contribution in [2.24, 2.45) is 0 Å². The number of hydrogen-bond donors (Lipinski definition) is 2. The van der Waals surface area contributed by atoms with Crippen LogP contribution < -0.4 is 4.72 Å². The van der Waals surface area contributed by atoms with E-state index in [9.17, 15) is 8.42 Å². The third-order valence-electron chi connectivity index (χ3n) is 2.24. The van der Waals surface area contributed by atoms with Gasteiger partial charge in [-0.15, -0.1) is 0 Å². The van der Waals surface area contributed by atoms with Crippen LogP contribution in [-0.4, -0.2) is 18.6 Å². The first-order valence-corrected chi connectivity index (χ1v) is 7.53. The summed E-state index contributed by atoms with van der Waals surface area (Å²) in [5.74, 6) is 0. The third-order valence-corrected chi connectivity index (χ3v) is 4.95. The van der Waals surface area contributed by atoms with Crippen LogP contribution >= 0.6 is 27.5 Å². The van der Waals surface area contributed by atoms with Crippen molar-refractivity contribution in [2.75, 3.05) is 4.72 Å². The minimum atomic E-state index is -3.64. The van der Waals surface area contributed by atoms with E-state index in [0.29, 0.717) is 20.9 Å². The molecule has 96 valence electrons. The van der Waals surface area contributed by atoms with Crippen LogP contribution in [0.5, 0.6) is 0 Å². The van der Waals surface area contributed by atoms with Gasteiger partial charge in [0.25, 0.3) is 10.0 Å². The van der Waals surface area contributed by atoms with Gasteiger partial charge in [0.2, 0.25) is 0 Å². The Kier molecular flexibility index (Phi) is 3.65. The Labute approximate surface area is 118 Å². The Morgan fingerprint density at radius 1 is 1.44 bits per heavy atom. The quantitative estimate of drug-likeness (QED) is 0.893. The molecular weight excluding hydrogens is 342 g/mol. The summed E-state index contributed by atoms with van der Waals surface area (Å²) in [5, 5.41) is 6.78. The average molecular weight is 351 g/mol. The van der Waals surface area contributed by atoms with E-state index in [1.807, 2.05) is 0 Å². The van der Waals surface area contributed by atoms with Gasteiger partial charge in [-0.2, -0.15) is 5.10 Å². The van der Waals surface area contributed by atoms with E-state index >= 15 is 0 Å². The van der Waals surface area contributed by atoms with Crippen molar-refractivity contribution in [1.29, 1.82) is 0 Å². The van der Waals surface area contributed by atoms with Crippen LogP contribution in [0, 0.1) is 6.92 Å². The molecule has 0 fully saturated rings. The summed E-state index contributed by atoms with van der Waals surface area (Å²) in [6, 6.07) is 4.78. The second-order valence-corrected chi connectivity index (χ2v) is 6.51. The van der Waals surface area contributed by atoms with Crippen LogP contribution in [0.4, 0.5) is 5.69 Å². The van der Waals surface area contributed by atoms with E-state index in [2.05, 4.69) is 30.8 Å². The van der Waals surface area contributed by atoms with E-state index in [-0.39, 0.29) is 4.90 Å². The Bertz CT molecular complexity index is 684. The van der Waals surface area contributed by atoms with E-state index in [0.717, 1.165) is 0 Å². The molecule has 0 bridgehead atoms. The van der Waals surface area contributed by atoms with E-state index in [1.165, 1.54) is 6.20 Å². The van der Waals surface area contributed by atoms with Gasteiger partial charge < -0.3 is 0 Å². The first kappa shape index (κ1) is 13.4. The van der Waals surface area contributed by atoms with Gasteiger partial charge in [-0.1, -0.05) is 11.6 Å². The molecule has 1 aromatic heterocycles. The number of aryl methyl sites for hydroxylation is 1. The number of benzene rings is 1. The molecule has 0 amide bonds. The van der Waals surface area contributed by atoms with Gasteiger partial charge in [0.05, 0.1) is 22.6 Å². The van der Waals surface area contributed by atoms with Gasteiger partial charge in [-0.3, -0.25) is 9.82 Å². The Hall–Kier alpha value is -1.05. The van der Waals surface area contributed by atoms with Gasteiger partial charge in [-0.05, 0) is 41.1 Å². The number of hydrogen-bond acceptors (Lipinski definition) is 3. The molecule has 2 rings (SSSR count). The lowest BCUT2D eigenvalue weighted by atomic mass is 10.3. The maximum Gasteiger partial charge on any atom is 0.265 e. The van der Waals surface area contributed by atoms with E-state index < -0.39 is 10.0 Å². The summed E-state index contributed by atoms with van der Waals surface area (Å²) in [6.45, 7) is 1.64. The molecule has 0 atom stereocenters. The Morgan fingerprint density at radius 3 is 2.72 bits per heavy atom. The highest BCUT2D eigenvalue weighted by Gasteiger charge is 2.18. The maximum atomic E-state index is 12.1. The van der Waals surface area contributed by atoms with Crippen molar-refractivity contribution in [3.05, 3.63) is 39.6 Å². The zero-order valence-electron chi connectivity index (χ0n) is 9.24. The summed E-state index contributed by atoms with van der Waals surface area (Å²) in [7, 11) is -3.64. The zero-order chi connectivity index (χ0) is 13.3. The number of nitrogens with zero attached hydrogens (tertiary/aromatic N) is 1. The molecule has 0 aliphatic rings. The topological polar surface area (TPSA) is 74.8 Å². The molecular formula is C10H9BrClN3O2S. The highest BCUT2D eigenvalue weighted by atomic mass is 79.9. The molecule has 0 unspecified atom stereocenters. The molecule has 2 aromatic rings. The normalized spacial score (nSPS) is 11.5. The van der Waals surface area contributed by atoms with Crippen LogP contribution in [-0.2, 0) is 10.0 Å². The fourth-order valence-corrected chi connectivity index (χ4v) is 3.06. The average Bonchev–Trinajstić information content (AvgIpc) is 2.70. The minimum Gasteiger partial charge on any atom is -0.281 e. The summed E-state index contributed by atoms with van der Waals surface area (Å²) in [4.78, 5) is 0.119. The van der Waals surface area contributed by atoms with Crippen LogP contribution in [0.25, 0.3) is 0 Å². The number of anilines is 1. The molecule has 1 heterocycles. The Morgan fingerprint density at radius 2 is 2.17 bits per heavy atom. The fourth-order valence-electron chi connectivity index (χ4n) is 1.38. The van der Waals surface area contributed by atoms with Crippen molar-refractivity contribution >= 4 is 43.2 Å². The smallest absolute Gasteiger partial charge is 0.265 e. The monoisotopic (exact) mass is 349 g/mol. The van der Waals surface area contributed by atoms with Gasteiger partial charge in [0.15, 0.2) is 0 Å². The molecule has 0 radical (unpaired) electrons. The largest absolute Gasteiger partial charge is 0.281 e. The molecule has 1 aromatic carbocycles. The Balaban J connectivity index is 2.34. The summed E-state index contributed by atoms with van der Waals surface area (Å²) >= 11 is 9.07. The number of rotatable bonds is 3. The molecule has 2 N–H and O–H groups in total. The highest BCUT2D eigenvalue weighted by molar-refractivity contribution is 9.10. The predicted octanol–water partition coefficient (Wildman–Crippen LogP) is 2.93. The van der Waals surface area contributed by atoms with Crippen molar-refractivity contribution in [3.8, 4) is 0 Å². The molecule has 18 heavy (non-hydrogen) atoms. The maximum absolute atomic E-state index is 12.1. The van der Waals surface area contributed by atoms with Crippen LogP contribution in [0.15, 0.2) is 33.8 Å². The molecule has 0 saturated carbocycles. The number of H-pyrrole nitrogens is 1. The molecule has 8 heteroatoms. The van der Waals surface area contributed by atoms with Gasteiger partial charge in [0.1, 0.15) is 4.90 Å². The third kappa shape index (κ3) is 2.68. The lowest BCUT2D eigenvalue weighted by Crippen LogP contribution is -2.13. The first-order valence-electron chi connectivity index (χ1n) is 4.88. The highest BCUT2D eigenvalue weighted by Crippen LogP contribution is 2.27. The lowest BCUT2D eigenvalue weighted by molar-refractivity contribution is 0.600. The van der Waals surface area contributed by atoms with Gasteiger partial charge in [-0.25, -0.2) is 8.42 Å². The molecule has 0 aliphatic carbocycles. The summed E-state index contributed by atoms with van der Waals surface area (Å²) in [5.41, 5.74) is 0.905. The predicted molar refractivity (Wildman–Crippen MR) is 73.3 cm³/mol. The van der Waals surface area contributed by atoms with Crippen LogP contribution in [0.1, 0.15) is 5.69 Å². The number of aromatic nitrogens is 2. The number of halogens is 2. The van der Waals surface area contributed by atoms with Crippen molar-refractivity contribution < 1.29 is 8.42 Å². The zero-order valence-corrected chi connectivity index (χ0v) is 12.4. The molecule has 5 nitrogen and oxygen atoms in total. The number of sulfonamides is 1. The van der Waals surface area contributed by atoms with Crippen LogP contribution in [0.2, 0.25) is 5.02 Å². The number of nitrogens with one attached hydrogen (secondary N) is 2. The van der Waals surface area contributed by atoms with E-state index in [4.69, 9.17) is 11.6 Å². The fraction of sp³-hybridized carbons (Fsp3) is 0.100. The van der Waals surface area contributed by atoms with Crippen molar-refractivity contribution in [2.45, 2.75) is 11.8 Å². The first-order chi connectivity index (χ1) is 8.40. The standard InChI is InChI=1S/C10H9BrClN3O2S/c1-6-10(5-13-14-6)18(16,17)15-7-2-3-9(12)8(11)4-7/h2-5,15H,1H3,(H,13,14). The second kappa shape index (κ2) is 4.91. The van der Waals surface area contributed by atoms with Gasteiger partial charge in [0, 0.05) is 4.47 Å². The molecule has 0 spiro atoms. The second-order valence-electron chi connectivity index (χ2n) is 3.59. The minimum absolute atomic E-state index is 0.119. The summed E-state index contributed by atoms with van der Waals surface area (Å²) < 4.78 is 27.2. The lowest BCUT2D eigenvalue weighted by Gasteiger charge is -2.08. The SMILES string of the molecule is Cc1[nH]ncc1S(=O)(=O)Nc1ccc(Cl)c(Br)c1. The molecule has 0 aliphatic heterocycles. The number of aromatic amines is 1. The van der Waals surface area contributed by atoms with Gasteiger partial charge >= 0.3 is 0 Å².